The summed E-state index contributed by atoms with van der Waals surface area (Å²) < 4.78 is 0. The number of carbonyl (C=O) groups excluding carboxylic acids is 1. The summed E-state index contributed by atoms with van der Waals surface area (Å²) in [7, 11) is 0. The van der Waals surface area contributed by atoms with Crippen LogP contribution in [-0.4, -0.2) is 37.5 Å². The second-order valence-electron chi connectivity index (χ2n) is 6.02. The number of hydrogen-bond donors (Lipinski definition) is 3. The fourth-order valence-corrected chi connectivity index (χ4v) is 2.48. The Bertz CT molecular complexity index is 394. The van der Waals surface area contributed by atoms with Gasteiger partial charge in [0.15, 0.2) is 5.96 Å². The standard InChI is InChI=1S/C17H32N4O.HI/c1-4-18-17(20-13-11-16(22)21-14(2)3)19-12-10-15-8-6-5-7-9-15;/h8,14H,4-7,9-13H2,1-3H3,(H,21,22)(H2,18,19,20);1H. The SMILES string of the molecule is CCNC(=NCCC(=O)NC(C)C)NCCC1=CCCCC1.I. The molecule has 1 aliphatic carbocycles. The number of nitrogens with one attached hydrogen (secondary N) is 3. The number of nitrogens with zero attached hydrogens (tertiary/aromatic N) is 1. The first-order chi connectivity index (χ1) is 10.6. The van der Waals surface area contributed by atoms with Gasteiger partial charge in [-0.05, 0) is 52.9 Å². The highest BCUT2D eigenvalue weighted by Crippen LogP contribution is 2.19. The molecule has 0 saturated carbocycles. The summed E-state index contributed by atoms with van der Waals surface area (Å²) in [5, 5.41) is 9.45. The Morgan fingerprint density at radius 1 is 1.30 bits per heavy atom. The Labute approximate surface area is 158 Å². The fraction of sp³-hybridized carbons (Fsp3) is 0.765. The zero-order chi connectivity index (χ0) is 16.2. The quantitative estimate of drug-likeness (QED) is 0.237. The van der Waals surface area contributed by atoms with Crippen molar-refractivity contribution < 1.29 is 4.79 Å². The Kier molecular flexibility index (Phi) is 13.2. The largest absolute Gasteiger partial charge is 0.357 e. The molecule has 0 bridgehead atoms. The third-order valence-electron chi connectivity index (χ3n) is 3.53. The Hall–Kier alpha value is -0.790. The predicted molar refractivity (Wildman–Crippen MR) is 108 cm³/mol. The molecule has 3 N–H and O–H groups in total. The van der Waals surface area contributed by atoms with Gasteiger partial charge in [-0.1, -0.05) is 11.6 Å². The lowest BCUT2D eigenvalue weighted by atomic mass is 9.97. The van der Waals surface area contributed by atoms with Crippen LogP contribution in [0.3, 0.4) is 0 Å². The topological polar surface area (TPSA) is 65.5 Å². The van der Waals surface area contributed by atoms with Gasteiger partial charge in [-0.3, -0.25) is 9.79 Å². The average molecular weight is 436 g/mol. The normalized spacial score (nSPS) is 14.8. The second kappa shape index (κ2) is 13.6. The summed E-state index contributed by atoms with van der Waals surface area (Å²) in [6, 6.07) is 0.187. The summed E-state index contributed by atoms with van der Waals surface area (Å²) in [4.78, 5) is 16.0. The number of amides is 1. The van der Waals surface area contributed by atoms with Gasteiger partial charge in [0.1, 0.15) is 0 Å². The molecule has 23 heavy (non-hydrogen) atoms. The molecular formula is C17H33IN4O. The van der Waals surface area contributed by atoms with Crippen LogP contribution in [-0.2, 0) is 4.79 Å². The third-order valence-corrected chi connectivity index (χ3v) is 3.53. The molecule has 6 heteroatoms. The number of halogens is 1. The molecule has 1 amide bonds. The van der Waals surface area contributed by atoms with E-state index in [0.29, 0.717) is 13.0 Å². The minimum absolute atomic E-state index is 0. The fourth-order valence-electron chi connectivity index (χ4n) is 2.48. The molecule has 134 valence electrons. The van der Waals surface area contributed by atoms with Gasteiger partial charge in [-0.2, -0.15) is 0 Å². The van der Waals surface area contributed by atoms with E-state index in [1.807, 2.05) is 20.8 Å². The maximum atomic E-state index is 11.6. The maximum absolute atomic E-state index is 11.6. The van der Waals surface area contributed by atoms with Gasteiger partial charge in [0.25, 0.3) is 0 Å². The van der Waals surface area contributed by atoms with Gasteiger partial charge in [-0.25, -0.2) is 0 Å². The molecule has 0 aliphatic heterocycles. The molecule has 1 rings (SSSR count). The lowest BCUT2D eigenvalue weighted by Crippen LogP contribution is -2.38. The minimum atomic E-state index is 0. The highest BCUT2D eigenvalue weighted by Gasteiger charge is 2.05. The van der Waals surface area contributed by atoms with E-state index in [4.69, 9.17) is 0 Å². The first-order valence-corrected chi connectivity index (χ1v) is 8.61. The molecule has 0 atom stereocenters. The van der Waals surface area contributed by atoms with E-state index in [-0.39, 0.29) is 35.9 Å². The summed E-state index contributed by atoms with van der Waals surface area (Å²) in [6.07, 6.45) is 9.02. The average Bonchev–Trinajstić information content (AvgIpc) is 2.47. The van der Waals surface area contributed by atoms with Crippen molar-refractivity contribution in [2.24, 2.45) is 4.99 Å². The highest BCUT2D eigenvalue weighted by molar-refractivity contribution is 14.0. The molecule has 0 fully saturated rings. The van der Waals surface area contributed by atoms with Crippen LogP contribution in [0.25, 0.3) is 0 Å². The van der Waals surface area contributed by atoms with Crippen molar-refractivity contribution in [1.29, 1.82) is 0 Å². The summed E-state index contributed by atoms with van der Waals surface area (Å²) in [6.45, 7) is 8.21. The van der Waals surface area contributed by atoms with E-state index in [9.17, 15) is 4.79 Å². The third kappa shape index (κ3) is 11.4. The van der Waals surface area contributed by atoms with E-state index < -0.39 is 0 Å². The van der Waals surface area contributed by atoms with E-state index in [2.05, 4.69) is 27.0 Å². The van der Waals surface area contributed by atoms with E-state index in [0.717, 1.165) is 25.5 Å². The molecule has 0 aromatic rings. The van der Waals surface area contributed by atoms with Crippen molar-refractivity contribution in [3.63, 3.8) is 0 Å². The predicted octanol–water partition coefficient (Wildman–Crippen LogP) is 2.96. The van der Waals surface area contributed by atoms with Crippen molar-refractivity contribution in [3.05, 3.63) is 11.6 Å². The molecule has 1 aliphatic rings. The zero-order valence-corrected chi connectivity index (χ0v) is 17.1. The highest BCUT2D eigenvalue weighted by atomic mass is 127. The van der Waals surface area contributed by atoms with Gasteiger partial charge >= 0.3 is 0 Å². The molecule has 0 aromatic heterocycles. The lowest BCUT2D eigenvalue weighted by Gasteiger charge is -2.15. The zero-order valence-electron chi connectivity index (χ0n) is 14.8. The first kappa shape index (κ1) is 22.2. The van der Waals surface area contributed by atoms with Gasteiger partial charge in [0.05, 0.1) is 6.54 Å². The van der Waals surface area contributed by atoms with Crippen LogP contribution < -0.4 is 16.0 Å². The maximum Gasteiger partial charge on any atom is 0.222 e. The van der Waals surface area contributed by atoms with E-state index >= 15 is 0 Å². The molecule has 0 aromatic carbocycles. The van der Waals surface area contributed by atoms with Crippen LogP contribution in [0.1, 0.15) is 59.3 Å². The van der Waals surface area contributed by atoms with Crippen molar-refractivity contribution in [1.82, 2.24) is 16.0 Å². The number of allylic oxidation sites excluding steroid dienone is 1. The van der Waals surface area contributed by atoms with E-state index in [1.54, 1.807) is 5.57 Å². The molecule has 0 spiro atoms. The summed E-state index contributed by atoms with van der Waals surface area (Å²) >= 11 is 0. The van der Waals surface area contributed by atoms with E-state index in [1.165, 1.54) is 25.7 Å². The Morgan fingerprint density at radius 2 is 2.09 bits per heavy atom. The molecule has 0 radical (unpaired) electrons. The minimum Gasteiger partial charge on any atom is -0.357 e. The lowest BCUT2D eigenvalue weighted by molar-refractivity contribution is -0.121. The van der Waals surface area contributed by atoms with Crippen molar-refractivity contribution in [3.8, 4) is 0 Å². The number of aliphatic imine (C=N–C) groups is 1. The number of carbonyl (C=O) groups is 1. The van der Waals surface area contributed by atoms with Gasteiger partial charge < -0.3 is 16.0 Å². The monoisotopic (exact) mass is 436 g/mol. The summed E-state index contributed by atoms with van der Waals surface area (Å²) in [5.74, 6) is 0.859. The van der Waals surface area contributed by atoms with Crippen LogP contribution in [0.5, 0.6) is 0 Å². The molecular weight excluding hydrogens is 403 g/mol. The Morgan fingerprint density at radius 3 is 2.70 bits per heavy atom. The Balaban J connectivity index is 0.00000484. The summed E-state index contributed by atoms with van der Waals surface area (Å²) in [5.41, 5.74) is 1.56. The molecule has 0 saturated heterocycles. The van der Waals surface area contributed by atoms with Crippen LogP contribution in [0.4, 0.5) is 0 Å². The van der Waals surface area contributed by atoms with Crippen molar-refractivity contribution in [2.75, 3.05) is 19.6 Å². The van der Waals surface area contributed by atoms with Crippen LogP contribution in [0.15, 0.2) is 16.6 Å². The number of hydrogen-bond acceptors (Lipinski definition) is 2. The molecule has 0 unspecified atom stereocenters. The van der Waals surface area contributed by atoms with Gasteiger partial charge in [0, 0.05) is 25.6 Å². The van der Waals surface area contributed by atoms with Crippen LogP contribution in [0.2, 0.25) is 0 Å². The van der Waals surface area contributed by atoms with Gasteiger partial charge in [-0.15, -0.1) is 24.0 Å². The number of rotatable bonds is 8. The second-order valence-corrected chi connectivity index (χ2v) is 6.02. The molecule has 5 nitrogen and oxygen atoms in total. The number of guanidine groups is 1. The smallest absolute Gasteiger partial charge is 0.222 e. The first-order valence-electron chi connectivity index (χ1n) is 8.61. The van der Waals surface area contributed by atoms with Crippen LogP contribution in [0, 0.1) is 0 Å². The molecule has 0 heterocycles. The van der Waals surface area contributed by atoms with Crippen molar-refractivity contribution in [2.45, 2.75) is 65.3 Å². The van der Waals surface area contributed by atoms with Gasteiger partial charge in [0.2, 0.25) is 5.91 Å². The van der Waals surface area contributed by atoms with Crippen LogP contribution >= 0.6 is 24.0 Å². The van der Waals surface area contributed by atoms with Crippen molar-refractivity contribution >= 4 is 35.8 Å².